The van der Waals surface area contributed by atoms with E-state index in [4.69, 9.17) is 0 Å². The van der Waals surface area contributed by atoms with Gasteiger partial charge in [0.05, 0.1) is 11.2 Å². The van der Waals surface area contributed by atoms with Gasteiger partial charge in [0.15, 0.2) is 0 Å². The summed E-state index contributed by atoms with van der Waals surface area (Å²) < 4.78 is 39.2. The van der Waals surface area contributed by atoms with E-state index < -0.39 is 17.3 Å². The van der Waals surface area contributed by atoms with E-state index in [9.17, 15) is 23.1 Å². The summed E-state index contributed by atoms with van der Waals surface area (Å²) in [6.07, 6.45) is -0.574. The fourth-order valence-corrected chi connectivity index (χ4v) is 5.36. The monoisotopic (exact) mass is 381 g/mol. The molecule has 0 atom stereocenters. The number of hydrogen-bond acceptors (Lipinski definition) is 2. The highest BCUT2D eigenvalue weighted by Crippen LogP contribution is 2.54. The molecule has 1 aromatic carbocycles. The lowest BCUT2D eigenvalue weighted by molar-refractivity contribution is -0.171. The highest BCUT2D eigenvalue weighted by Gasteiger charge is 2.55. The quantitative estimate of drug-likeness (QED) is 0.861. The average molecular weight is 381 g/mol. The highest BCUT2D eigenvalue weighted by atomic mass is 19.4. The van der Waals surface area contributed by atoms with Gasteiger partial charge in [-0.2, -0.15) is 13.2 Å². The number of hydrogen-bond donors (Lipinski definition) is 1. The minimum atomic E-state index is -4.30. The number of carbonyl (C=O) groups excluding carboxylic acids is 1. The van der Waals surface area contributed by atoms with Crippen molar-refractivity contribution in [2.45, 2.75) is 57.7 Å². The molecule has 3 fully saturated rings. The van der Waals surface area contributed by atoms with Crippen molar-refractivity contribution in [1.29, 1.82) is 0 Å². The molecule has 27 heavy (non-hydrogen) atoms. The van der Waals surface area contributed by atoms with E-state index in [1.165, 1.54) is 13.0 Å². The van der Waals surface area contributed by atoms with E-state index in [2.05, 4.69) is 0 Å². The molecule has 0 radical (unpaired) electrons. The van der Waals surface area contributed by atoms with E-state index in [1.54, 1.807) is 19.1 Å². The van der Waals surface area contributed by atoms with Crippen LogP contribution < -0.4 is 0 Å². The van der Waals surface area contributed by atoms with Crippen molar-refractivity contribution in [2.75, 3.05) is 13.1 Å². The first-order valence-electron chi connectivity index (χ1n) is 9.64. The smallest absolute Gasteiger partial charge is 0.390 e. The summed E-state index contributed by atoms with van der Waals surface area (Å²) in [6.45, 7) is 4.79. The number of aryl methyl sites for hydroxylation is 1. The van der Waals surface area contributed by atoms with Gasteiger partial charge in [0, 0.05) is 24.4 Å². The second kappa shape index (κ2) is 5.97. The van der Waals surface area contributed by atoms with Crippen molar-refractivity contribution in [3.63, 3.8) is 0 Å². The second-order valence-corrected chi connectivity index (χ2v) is 9.42. The molecule has 1 N–H and O–H groups in total. The van der Waals surface area contributed by atoms with Crippen LogP contribution in [0.25, 0.3) is 0 Å². The minimum absolute atomic E-state index is 0.0402. The Labute approximate surface area is 157 Å². The Morgan fingerprint density at radius 2 is 1.85 bits per heavy atom. The van der Waals surface area contributed by atoms with Crippen LogP contribution in [0.4, 0.5) is 13.2 Å². The predicted molar refractivity (Wildman–Crippen MR) is 95.0 cm³/mol. The molecule has 4 rings (SSSR count). The molecule has 1 saturated heterocycles. The summed E-state index contributed by atoms with van der Waals surface area (Å²) in [5.74, 6) is 0.515. The molecule has 1 aliphatic heterocycles. The summed E-state index contributed by atoms with van der Waals surface area (Å²) in [7, 11) is 0. The van der Waals surface area contributed by atoms with Crippen LogP contribution in [0.15, 0.2) is 18.2 Å². The standard InChI is InChI=1S/C21H26F3NO2/c1-13-3-4-14(6-17(13)21(22,23)24)5-15-7-20(8-15)11-25(12-20)18(26)16-9-19(2,27)10-16/h3-4,6,15-16,27H,5,7-12H2,1-2H3. The van der Waals surface area contributed by atoms with Crippen molar-refractivity contribution in [3.8, 4) is 0 Å². The third-order valence-electron chi connectivity index (χ3n) is 6.66. The van der Waals surface area contributed by atoms with Gasteiger partial charge < -0.3 is 10.0 Å². The number of rotatable bonds is 3. The molecule has 1 spiro atoms. The normalized spacial score (nSPS) is 29.9. The first-order valence-corrected chi connectivity index (χ1v) is 9.64. The molecule has 0 bridgehead atoms. The molecule has 3 nitrogen and oxygen atoms in total. The summed E-state index contributed by atoms with van der Waals surface area (Å²) >= 11 is 0. The summed E-state index contributed by atoms with van der Waals surface area (Å²) in [6, 6.07) is 4.65. The van der Waals surface area contributed by atoms with Gasteiger partial charge in [-0.3, -0.25) is 4.79 Å². The van der Waals surface area contributed by atoms with Gasteiger partial charge >= 0.3 is 6.18 Å². The van der Waals surface area contributed by atoms with Crippen LogP contribution in [0, 0.1) is 24.2 Å². The number of halogens is 3. The third-order valence-corrected chi connectivity index (χ3v) is 6.66. The van der Waals surface area contributed by atoms with E-state index in [-0.39, 0.29) is 22.8 Å². The van der Waals surface area contributed by atoms with Crippen molar-refractivity contribution in [3.05, 3.63) is 34.9 Å². The Bertz CT molecular complexity index is 749. The van der Waals surface area contributed by atoms with Gasteiger partial charge in [0.1, 0.15) is 0 Å². The summed E-state index contributed by atoms with van der Waals surface area (Å²) in [4.78, 5) is 14.3. The summed E-state index contributed by atoms with van der Waals surface area (Å²) in [5.41, 5.74) is -0.0280. The number of carbonyl (C=O) groups is 1. The van der Waals surface area contributed by atoms with Crippen molar-refractivity contribution in [1.82, 2.24) is 4.90 Å². The SMILES string of the molecule is Cc1ccc(CC2CC3(C2)CN(C(=O)C2CC(C)(O)C2)C3)cc1C(F)(F)F. The van der Waals surface area contributed by atoms with Crippen LogP contribution in [0.1, 0.15) is 49.3 Å². The van der Waals surface area contributed by atoms with E-state index in [1.807, 2.05) is 4.90 Å². The van der Waals surface area contributed by atoms with Crippen molar-refractivity contribution < 1.29 is 23.1 Å². The van der Waals surface area contributed by atoms with Crippen molar-refractivity contribution >= 4 is 5.91 Å². The third kappa shape index (κ3) is 3.48. The second-order valence-electron chi connectivity index (χ2n) is 9.42. The number of benzene rings is 1. The molecule has 2 saturated carbocycles. The first kappa shape index (κ1) is 18.8. The van der Waals surface area contributed by atoms with Gasteiger partial charge in [-0.05, 0) is 69.1 Å². The zero-order valence-electron chi connectivity index (χ0n) is 15.8. The van der Waals surface area contributed by atoms with E-state index in [0.29, 0.717) is 25.2 Å². The summed E-state index contributed by atoms with van der Waals surface area (Å²) in [5, 5.41) is 9.79. The van der Waals surface area contributed by atoms with E-state index >= 15 is 0 Å². The molecular weight excluding hydrogens is 355 g/mol. The Morgan fingerprint density at radius 3 is 2.41 bits per heavy atom. The lowest BCUT2D eigenvalue weighted by atomic mass is 9.56. The van der Waals surface area contributed by atoms with Crippen LogP contribution >= 0.6 is 0 Å². The fourth-order valence-electron chi connectivity index (χ4n) is 5.36. The van der Waals surface area contributed by atoms with Gasteiger partial charge in [-0.25, -0.2) is 0 Å². The average Bonchev–Trinajstić information content (AvgIpc) is 2.45. The molecule has 6 heteroatoms. The van der Waals surface area contributed by atoms with Gasteiger partial charge in [-0.15, -0.1) is 0 Å². The maximum Gasteiger partial charge on any atom is 0.416 e. The largest absolute Gasteiger partial charge is 0.416 e. The van der Waals surface area contributed by atoms with Crippen molar-refractivity contribution in [2.24, 2.45) is 17.3 Å². The Morgan fingerprint density at radius 1 is 1.22 bits per heavy atom. The fraction of sp³-hybridized carbons (Fsp3) is 0.667. The lowest BCUT2D eigenvalue weighted by Gasteiger charge is -2.60. The molecule has 2 aliphatic carbocycles. The van der Waals surface area contributed by atoms with Gasteiger partial charge in [0.2, 0.25) is 5.91 Å². The number of amides is 1. The molecule has 0 aromatic heterocycles. The molecule has 1 aromatic rings. The van der Waals surface area contributed by atoms with Gasteiger partial charge in [-0.1, -0.05) is 12.1 Å². The Kier molecular flexibility index (Phi) is 4.15. The lowest BCUT2D eigenvalue weighted by Crippen LogP contribution is -2.66. The molecule has 1 amide bonds. The molecule has 3 aliphatic rings. The zero-order chi connectivity index (χ0) is 19.6. The topological polar surface area (TPSA) is 40.5 Å². The number of aliphatic hydroxyl groups is 1. The maximum atomic E-state index is 13.1. The zero-order valence-corrected chi connectivity index (χ0v) is 15.8. The maximum absolute atomic E-state index is 13.1. The number of alkyl halides is 3. The minimum Gasteiger partial charge on any atom is -0.390 e. The van der Waals surface area contributed by atoms with Crippen LogP contribution in [0.2, 0.25) is 0 Å². The molecular formula is C21H26F3NO2. The molecule has 0 unspecified atom stereocenters. The van der Waals surface area contributed by atoms with Crippen LogP contribution in [0.3, 0.4) is 0 Å². The highest BCUT2D eigenvalue weighted by molar-refractivity contribution is 5.81. The van der Waals surface area contributed by atoms with Crippen LogP contribution in [-0.4, -0.2) is 34.6 Å². The van der Waals surface area contributed by atoms with Gasteiger partial charge in [0.25, 0.3) is 0 Å². The van der Waals surface area contributed by atoms with Crippen LogP contribution in [0.5, 0.6) is 0 Å². The number of nitrogens with zero attached hydrogens (tertiary/aromatic N) is 1. The predicted octanol–water partition coefficient (Wildman–Crippen LogP) is 3.96. The Balaban J connectivity index is 1.27. The molecule has 1 heterocycles. The first-order chi connectivity index (χ1) is 12.5. The van der Waals surface area contributed by atoms with E-state index in [0.717, 1.165) is 31.5 Å². The van der Waals surface area contributed by atoms with Crippen LogP contribution in [-0.2, 0) is 17.4 Å². The number of likely N-dealkylation sites (tertiary alicyclic amines) is 1. The Hall–Kier alpha value is -1.56. The molecule has 148 valence electrons.